The Bertz CT molecular complexity index is 398. The largest absolute Gasteiger partial charge is 0.273 e. The molecule has 0 fully saturated rings. The molecule has 0 heterocycles. The fraction of sp³-hybridized carbons (Fsp3) is 0.385. The maximum atomic E-state index is 11.4. The van der Waals surface area contributed by atoms with Gasteiger partial charge in [-0.15, -0.1) is 0 Å². The molecule has 0 aliphatic rings. The first-order valence-corrected chi connectivity index (χ1v) is 6.52. The number of carbonyl (C=O) groups excluding carboxylic acids is 1. The summed E-state index contributed by atoms with van der Waals surface area (Å²) in [5.74, 6) is -0.0247. The lowest BCUT2D eigenvalue weighted by Gasteiger charge is -2.02. The van der Waals surface area contributed by atoms with Crippen molar-refractivity contribution in [1.82, 2.24) is 5.43 Å². The minimum atomic E-state index is -0.0247. The van der Waals surface area contributed by atoms with Crippen molar-refractivity contribution in [2.24, 2.45) is 5.10 Å². The van der Waals surface area contributed by atoms with Crippen molar-refractivity contribution in [1.29, 1.82) is 0 Å². The number of halogens is 1. The third-order valence-electron chi connectivity index (χ3n) is 2.37. The van der Waals surface area contributed by atoms with Crippen molar-refractivity contribution in [3.63, 3.8) is 0 Å². The van der Waals surface area contributed by atoms with Crippen molar-refractivity contribution >= 4 is 27.5 Å². The van der Waals surface area contributed by atoms with Crippen LogP contribution in [0.25, 0.3) is 0 Å². The summed E-state index contributed by atoms with van der Waals surface area (Å²) in [6.07, 6.45) is 2.45. The quantitative estimate of drug-likeness (QED) is 0.656. The summed E-state index contributed by atoms with van der Waals surface area (Å²) >= 11 is 3.38. The fourth-order valence-corrected chi connectivity index (χ4v) is 1.56. The lowest BCUT2D eigenvalue weighted by atomic mass is 10.1. The molecular weight excluding hydrogens is 280 g/mol. The maximum absolute atomic E-state index is 11.4. The standard InChI is InChI=1S/C13H17BrN2O/c1-3-4-5-13(17)16-15-10(2)11-6-8-12(14)9-7-11/h6-9H,3-5H2,1-2H3,(H,16,17)/b15-10+. The summed E-state index contributed by atoms with van der Waals surface area (Å²) in [5, 5.41) is 4.08. The number of nitrogens with zero attached hydrogens (tertiary/aromatic N) is 1. The Labute approximate surface area is 110 Å². The van der Waals surface area contributed by atoms with Crippen LogP contribution < -0.4 is 5.43 Å². The molecule has 1 rings (SSSR count). The Balaban J connectivity index is 2.54. The van der Waals surface area contributed by atoms with Crippen LogP contribution in [0.5, 0.6) is 0 Å². The molecule has 0 aliphatic carbocycles. The van der Waals surface area contributed by atoms with Crippen molar-refractivity contribution in [2.45, 2.75) is 33.1 Å². The summed E-state index contributed by atoms with van der Waals surface area (Å²) in [6.45, 7) is 3.94. The van der Waals surface area contributed by atoms with Crippen LogP contribution in [0.2, 0.25) is 0 Å². The van der Waals surface area contributed by atoms with E-state index >= 15 is 0 Å². The highest BCUT2D eigenvalue weighted by molar-refractivity contribution is 9.10. The third-order valence-corrected chi connectivity index (χ3v) is 2.90. The molecule has 92 valence electrons. The van der Waals surface area contributed by atoms with Crippen molar-refractivity contribution in [3.05, 3.63) is 34.3 Å². The van der Waals surface area contributed by atoms with Crippen LogP contribution in [0, 0.1) is 0 Å². The Kier molecular flexibility index (Phi) is 5.91. The Morgan fingerprint density at radius 2 is 2.00 bits per heavy atom. The van der Waals surface area contributed by atoms with Crippen LogP contribution in [0.1, 0.15) is 38.7 Å². The van der Waals surface area contributed by atoms with E-state index in [-0.39, 0.29) is 5.91 Å². The summed E-state index contributed by atoms with van der Waals surface area (Å²) in [7, 11) is 0. The van der Waals surface area contributed by atoms with E-state index in [9.17, 15) is 4.79 Å². The van der Waals surface area contributed by atoms with Gasteiger partial charge in [0.15, 0.2) is 0 Å². The van der Waals surface area contributed by atoms with Gasteiger partial charge in [0.25, 0.3) is 0 Å². The van der Waals surface area contributed by atoms with Gasteiger partial charge in [0, 0.05) is 10.9 Å². The molecule has 0 bridgehead atoms. The molecule has 0 aliphatic heterocycles. The second-order valence-electron chi connectivity index (χ2n) is 3.84. The van der Waals surface area contributed by atoms with E-state index in [1.54, 1.807) is 0 Å². The second-order valence-corrected chi connectivity index (χ2v) is 4.76. The van der Waals surface area contributed by atoms with Gasteiger partial charge in [-0.25, -0.2) is 5.43 Å². The molecule has 0 atom stereocenters. The molecule has 0 saturated carbocycles. The van der Waals surface area contributed by atoms with Gasteiger partial charge >= 0.3 is 0 Å². The summed E-state index contributed by atoms with van der Waals surface area (Å²) < 4.78 is 1.03. The van der Waals surface area contributed by atoms with E-state index in [1.807, 2.05) is 31.2 Å². The van der Waals surface area contributed by atoms with E-state index in [4.69, 9.17) is 0 Å². The van der Waals surface area contributed by atoms with Gasteiger partial charge in [-0.05, 0) is 31.0 Å². The molecule has 17 heavy (non-hydrogen) atoms. The number of carbonyl (C=O) groups is 1. The van der Waals surface area contributed by atoms with Gasteiger partial charge in [-0.1, -0.05) is 41.4 Å². The SMILES string of the molecule is CCCCC(=O)N/N=C(\C)c1ccc(Br)cc1. The van der Waals surface area contributed by atoms with Gasteiger partial charge < -0.3 is 0 Å². The topological polar surface area (TPSA) is 41.5 Å². The molecule has 0 aromatic heterocycles. The Hall–Kier alpha value is -1.16. The predicted octanol–water partition coefficient (Wildman–Crippen LogP) is 3.48. The number of amides is 1. The zero-order valence-electron chi connectivity index (χ0n) is 10.2. The highest BCUT2D eigenvalue weighted by Crippen LogP contribution is 2.11. The number of benzene rings is 1. The monoisotopic (exact) mass is 296 g/mol. The Morgan fingerprint density at radius 1 is 1.35 bits per heavy atom. The van der Waals surface area contributed by atoms with Crippen LogP contribution in [-0.4, -0.2) is 11.6 Å². The molecule has 1 N–H and O–H groups in total. The average Bonchev–Trinajstić information content (AvgIpc) is 2.34. The van der Waals surface area contributed by atoms with Gasteiger partial charge in [0.2, 0.25) is 5.91 Å². The van der Waals surface area contributed by atoms with E-state index in [0.717, 1.165) is 28.6 Å². The first-order chi connectivity index (χ1) is 8.13. The summed E-state index contributed by atoms with van der Waals surface area (Å²) in [6, 6.07) is 7.82. The lowest BCUT2D eigenvalue weighted by Crippen LogP contribution is -2.18. The second kappa shape index (κ2) is 7.22. The predicted molar refractivity (Wildman–Crippen MR) is 74.0 cm³/mol. The number of hydrogen-bond acceptors (Lipinski definition) is 2. The zero-order valence-corrected chi connectivity index (χ0v) is 11.8. The van der Waals surface area contributed by atoms with E-state index in [1.165, 1.54) is 0 Å². The lowest BCUT2D eigenvalue weighted by molar-refractivity contribution is -0.121. The fourth-order valence-electron chi connectivity index (χ4n) is 1.30. The van der Waals surface area contributed by atoms with Gasteiger partial charge in [-0.2, -0.15) is 5.10 Å². The van der Waals surface area contributed by atoms with Crippen LogP contribution in [0.15, 0.2) is 33.8 Å². The van der Waals surface area contributed by atoms with Crippen LogP contribution in [-0.2, 0) is 4.79 Å². The van der Waals surface area contributed by atoms with Crippen LogP contribution in [0.4, 0.5) is 0 Å². The number of hydrazone groups is 1. The van der Waals surface area contributed by atoms with Crippen molar-refractivity contribution < 1.29 is 4.79 Å². The zero-order chi connectivity index (χ0) is 12.7. The van der Waals surface area contributed by atoms with E-state index < -0.39 is 0 Å². The highest BCUT2D eigenvalue weighted by atomic mass is 79.9. The normalized spacial score (nSPS) is 11.4. The molecule has 0 saturated heterocycles. The van der Waals surface area contributed by atoms with Gasteiger partial charge in [0.1, 0.15) is 0 Å². The minimum Gasteiger partial charge on any atom is -0.273 e. The molecular formula is C13H17BrN2O. The van der Waals surface area contributed by atoms with Crippen molar-refractivity contribution in [2.75, 3.05) is 0 Å². The smallest absolute Gasteiger partial charge is 0.240 e. The molecule has 1 aromatic carbocycles. The van der Waals surface area contributed by atoms with Crippen LogP contribution in [0.3, 0.4) is 0 Å². The Morgan fingerprint density at radius 3 is 2.59 bits per heavy atom. The summed E-state index contributed by atoms with van der Waals surface area (Å²) in [4.78, 5) is 11.4. The maximum Gasteiger partial charge on any atom is 0.240 e. The first-order valence-electron chi connectivity index (χ1n) is 5.72. The van der Waals surface area contributed by atoms with E-state index in [2.05, 4.69) is 33.4 Å². The molecule has 1 amide bonds. The number of hydrogen-bond donors (Lipinski definition) is 1. The molecule has 1 aromatic rings. The molecule has 0 spiro atoms. The number of nitrogens with one attached hydrogen (secondary N) is 1. The average molecular weight is 297 g/mol. The van der Waals surface area contributed by atoms with Gasteiger partial charge in [0.05, 0.1) is 5.71 Å². The molecule has 3 nitrogen and oxygen atoms in total. The number of unbranched alkanes of at least 4 members (excludes halogenated alkanes) is 1. The molecule has 4 heteroatoms. The van der Waals surface area contributed by atoms with Crippen LogP contribution >= 0.6 is 15.9 Å². The van der Waals surface area contributed by atoms with Gasteiger partial charge in [-0.3, -0.25) is 4.79 Å². The molecule has 0 radical (unpaired) electrons. The number of rotatable bonds is 5. The molecule has 0 unspecified atom stereocenters. The van der Waals surface area contributed by atoms with E-state index in [0.29, 0.717) is 6.42 Å². The third kappa shape index (κ3) is 5.13. The highest BCUT2D eigenvalue weighted by Gasteiger charge is 2.00. The summed E-state index contributed by atoms with van der Waals surface area (Å²) in [5.41, 5.74) is 4.38. The minimum absolute atomic E-state index is 0.0247. The van der Waals surface area contributed by atoms with Crippen molar-refractivity contribution in [3.8, 4) is 0 Å². The first kappa shape index (κ1) is 13.9.